The van der Waals surface area contributed by atoms with Gasteiger partial charge in [0.05, 0.1) is 13.0 Å². The highest BCUT2D eigenvalue weighted by atomic mass is 16.7. The van der Waals surface area contributed by atoms with Crippen molar-refractivity contribution in [1.29, 1.82) is 0 Å². The van der Waals surface area contributed by atoms with E-state index in [2.05, 4.69) is 124 Å². The summed E-state index contributed by atoms with van der Waals surface area (Å²) in [6.07, 6.45) is 59.1. The monoisotopic (exact) mass is 1070 g/mol. The van der Waals surface area contributed by atoms with E-state index in [1.165, 1.54) is 57.8 Å². The van der Waals surface area contributed by atoms with E-state index in [1.54, 1.807) is 6.08 Å². The van der Waals surface area contributed by atoms with Crippen LogP contribution >= 0.6 is 0 Å². The predicted molar refractivity (Wildman–Crippen MR) is 312 cm³/mol. The van der Waals surface area contributed by atoms with Crippen molar-refractivity contribution < 1.29 is 58.2 Å². The Morgan fingerprint density at radius 3 is 1.31 bits per heavy atom. The number of carbonyl (C=O) groups excluding carboxylic acids is 3. The zero-order valence-electron chi connectivity index (χ0n) is 47.7. The second kappa shape index (κ2) is 51.9. The fourth-order valence-corrected chi connectivity index (χ4v) is 8.11. The van der Waals surface area contributed by atoms with E-state index in [4.69, 9.17) is 23.7 Å². The summed E-state index contributed by atoms with van der Waals surface area (Å²) in [6.45, 7) is 5.65. The van der Waals surface area contributed by atoms with Gasteiger partial charge in [-0.25, -0.2) is 4.79 Å². The molecule has 0 spiro atoms. The summed E-state index contributed by atoms with van der Waals surface area (Å²) in [5.41, 5.74) is 0. The lowest BCUT2D eigenvalue weighted by Crippen LogP contribution is -2.61. The van der Waals surface area contributed by atoms with Gasteiger partial charge in [0.25, 0.3) is 0 Å². The number of aliphatic hydroxyl groups is 2. The zero-order chi connectivity index (χ0) is 56.1. The molecular weight excluding hydrogens is 973 g/mol. The Balaban J connectivity index is 2.76. The van der Waals surface area contributed by atoms with Gasteiger partial charge in [-0.1, -0.05) is 226 Å². The molecule has 77 heavy (non-hydrogen) atoms. The van der Waals surface area contributed by atoms with Gasteiger partial charge >= 0.3 is 23.9 Å². The van der Waals surface area contributed by atoms with Crippen LogP contribution in [-0.2, 0) is 42.9 Å². The van der Waals surface area contributed by atoms with Crippen LogP contribution in [0.4, 0.5) is 0 Å². The number of aliphatic hydroxyl groups excluding tert-OH is 2. The highest BCUT2D eigenvalue weighted by Crippen LogP contribution is 2.26. The van der Waals surface area contributed by atoms with Crippen LogP contribution in [0.15, 0.2) is 122 Å². The molecule has 1 saturated heterocycles. The number of aliphatic carboxylic acids is 1. The Morgan fingerprint density at radius 1 is 0.455 bits per heavy atom. The Morgan fingerprint density at radius 2 is 0.857 bits per heavy atom. The van der Waals surface area contributed by atoms with E-state index < -0.39 is 67.3 Å². The molecule has 12 nitrogen and oxygen atoms in total. The number of carboxylic acids is 1. The SMILES string of the molecule is CC/C=C\C/C=C\C/C=C\C/C=C\C/C=C\CCCCCC(=O)OC1C(OCC(COC(=O)C/C=C\C/C=C\C/C=C\C/C=C\C/C=C\CC)OC(=O)CCCCCCCCCCCCCCC)OC(C(=O)O)C(O)C1O. The summed E-state index contributed by atoms with van der Waals surface area (Å²) in [7, 11) is 0. The highest BCUT2D eigenvalue weighted by molar-refractivity contribution is 5.74. The molecule has 0 aromatic heterocycles. The summed E-state index contributed by atoms with van der Waals surface area (Å²) < 4.78 is 28.3. The molecule has 6 unspecified atom stereocenters. The molecule has 6 atom stereocenters. The van der Waals surface area contributed by atoms with Crippen LogP contribution in [0.25, 0.3) is 0 Å². The molecular formula is C65H102O12. The highest BCUT2D eigenvalue weighted by Gasteiger charge is 2.50. The van der Waals surface area contributed by atoms with Crippen molar-refractivity contribution in [3.63, 3.8) is 0 Å². The van der Waals surface area contributed by atoms with Gasteiger partial charge in [-0.15, -0.1) is 0 Å². The molecule has 0 bridgehead atoms. The summed E-state index contributed by atoms with van der Waals surface area (Å²) in [5, 5.41) is 31.5. The number of rotatable bonds is 48. The molecule has 0 saturated carbocycles. The Labute approximate surface area is 465 Å². The maximum absolute atomic E-state index is 13.1. The quantitative estimate of drug-likeness (QED) is 0.0228. The van der Waals surface area contributed by atoms with Crippen molar-refractivity contribution in [2.75, 3.05) is 13.2 Å². The third kappa shape index (κ3) is 41.8. The van der Waals surface area contributed by atoms with Crippen LogP contribution in [-0.4, -0.2) is 89.2 Å². The fraction of sp³-hybridized carbons (Fsp3) is 0.631. The zero-order valence-corrected chi connectivity index (χ0v) is 47.7. The minimum Gasteiger partial charge on any atom is -0.479 e. The van der Waals surface area contributed by atoms with E-state index in [0.29, 0.717) is 19.3 Å². The van der Waals surface area contributed by atoms with E-state index >= 15 is 0 Å². The lowest BCUT2D eigenvalue weighted by molar-refractivity contribution is -0.301. The number of esters is 3. The average molecular weight is 1080 g/mol. The van der Waals surface area contributed by atoms with Crippen molar-refractivity contribution in [3.05, 3.63) is 122 Å². The van der Waals surface area contributed by atoms with Gasteiger partial charge in [0.2, 0.25) is 0 Å². The first kappa shape index (κ1) is 70.1. The third-order valence-corrected chi connectivity index (χ3v) is 12.6. The van der Waals surface area contributed by atoms with Gasteiger partial charge in [0.1, 0.15) is 18.8 Å². The largest absolute Gasteiger partial charge is 0.479 e. The maximum Gasteiger partial charge on any atom is 0.335 e. The van der Waals surface area contributed by atoms with E-state index in [1.807, 2.05) is 12.2 Å². The van der Waals surface area contributed by atoms with E-state index in [9.17, 15) is 34.5 Å². The summed E-state index contributed by atoms with van der Waals surface area (Å²) in [6, 6.07) is 0. The number of ether oxygens (including phenoxy) is 5. The van der Waals surface area contributed by atoms with Gasteiger partial charge in [0.15, 0.2) is 24.6 Å². The second-order valence-electron chi connectivity index (χ2n) is 19.5. The van der Waals surface area contributed by atoms with Crippen LogP contribution < -0.4 is 0 Å². The molecule has 0 radical (unpaired) electrons. The van der Waals surface area contributed by atoms with Gasteiger partial charge < -0.3 is 39.0 Å². The lowest BCUT2D eigenvalue weighted by atomic mass is 9.98. The Kier molecular flexibility index (Phi) is 47.2. The third-order valence-electron chi connectivity index (χ3n) is 12.6. The number of allylic oxidation sites excluding steroid dienone is 19. The molecule has 0 aromatic carbocycles. The number of unbranched alkanes of at least 4 members (excludes halogenated alkanes) is 15. The molecule has 0 aromatic rings. The smallest absolute Gasteiger partial charge is 0.335 e. The number of carbonyl (C=O) groups is 4. The Bertz CT molecular complexity index is 1800. The molecule has 1 rings (SSSR count). The van der Waals surface area contributed by atoms with Gasteiger partial charge in [0, 0.05) is 12.8 Å². The molecule has 434 valence electrons. The van der Waals surface area contributed by atoms with Gasteiger partial charge in [-0.3, -0.25) is 14.4 Å². The Hall–Kier alpha value is -4.88. The van der Waals surface area contributed by atoms with E-state index in [-0.39, 0.29) is 25.9 Å². The molecule has 3 N–H and O–H groups in total. The lowest BCUT2D eigenvalue weighted by Gasteiger charge is -2.40. The first-order chi connectivity index (χ1) is 37.6. The van der Waals surface area contributed by atoms with E-state index in [0.717, 1.165) is 96.3 Å². The van der Waals surface area contributed by atoms with Crippen molar-refractivity contribution in [1.82, 2.24) is 0 Å². The second-order valence-corrected chi connectivity index (χ2v) is 19.5. The van der Waals surface area contributed by atoms with Crippen LogP contribution in [0.3, 0.4) is 0 Å². The average Bonchev–Trinajstić information content (AvgIpc) is 3.42. The minimum atomic E-state index is -1.93. The number of hydrogen-bond donors (Lipinski definition) is 3. The van der Waals surface area contributed by atoms with Crippen molar-refractivity contribution in [3.8, 4) is 0 Å². The normalized spacial score (nSPS) is 18.9. The molecule has 12 heteroatoms. The molecule has 0 amide bonds. The van der Waals surface area contributed by atoms with Crippen molar-refractivity contribution in [2.45, 2.75) is 250 Å². The molecule has 1 fully saturated rings. The molecule has 0 aliphatic carbocycles. The summed E-state index contributed by atoms with van der Waals surface area (Å²) in [5.74, 6) is -3.34. The molecule has 1 aliphatic rings. The van der Waals surface area contributed by atoms with Gasteiger partial charge in [-0.2, -0.15) is 0 Å². The predicted octanol–water partition coefficient (Wildman–Crippen LogP) is 15.2. The number of hydrogen-bond acceptors (Lipinski definition) is 11. The topological polar surface area (TPSA) is 175 Å². The molecule has 1 heterocycles. The maximum atomic E-state index is 13.1. The van der Waals surface area contributed by atoms with Gasteiger partial charge in [-0.05, 0) is 89.9 Å². The van der Waals surface area contributed by atoms with Crippen LogP contribution in [0.2, 0.25) is 0 Å². The summed E-state index contributed by atoms with van der Waals surface area (Å²) >= 11 is 0. The standard InChI is InChI=1S/C65H102O12/c1-4-7-10-13-16-19-22-25-27-28-29-30-32-35-38-41-44-47-50-53-59(68)76-63-61(70)60(69)62(64(71)72)77-65(63)74-55-56(75-58(67)52-49-46-43-40-37-33-24-21-18-15-12-9-6-3)54-73-57(66)51-48-45-42-39-36-34-31-26-23-20-17-14-11-8-5-2/h7-8,10-11,16-17,19-20,25-27,29-31,35-36,38-39,45,48,56,60-63,65,69-70H,4-6,9,12-15,18,21-24,28,32-34,37,40-44,46-47,49-55H2,1-3H3,(H,71,72)/b10-7-,11-8-,19-16-,20-17-,27-25-,30-29-,31-26-,38-35-,39-36-,48-45-. The summed E-state index contributed by atoms with van der Waals surface area (Å²) in [4.78, 5) is 51.1. The first-order valence-electron chi connectivity index (χ1n) is 29.5. The van der Waals surface area contributed by atoms with Crippen LogP contribution in [0, 0.1) is 0 Å². The first-order valence-corrected chi connectivity index (χ1v) is 29.5. The molecule has 1 aliphatic heterocycles. The fourth-order valence-electron chi connectivity index (χ4n) is 8.11. The van der Waals surface area contributed by atoms with Crippen molar-refractivity contribution >= 4 is 23.9 Å². The minimum absolute atomic E-state index is 0.00727. The number of carboxylic acid groups (broad SMARTS) is 1. The van der Waals surface area contributed by atoms with Crippen LogP contribution in [0.1, 0.15) is 213 Å². The van der Waals surface area contributed by atoms with Crippen molar-refractivity contribution in [2.24, 2.45) is 0 Å². The van der Waals surface area contributed by atoms with Crippen LogP contribution in [0.5, 0.6) is 0 Å².